The molecule has 0 radical (unpaired) electrons. The van der Waals surface area contributed by atoms with E-state index in [9.17, 15) is 4.79 Å². The molecule has 0 unspecified atom stereocenters. The van der Waals surface area contributed by atoms with Crippen molar-refractivity contribution in [1.82, 2.24) is 28.9 Å². The molecule has 3 aromatic rings. The van der Waals surface area contributed by atoms with E-state index in [0.717, 1.165) is 4.57 Å². The van der Waals surface area contributed by atoms with Gasteiger partial charge in [0.1, 0.15) is 11.7 Å². The molecule has 0 bridgehead atoms. The lowest BCUT2D eigenvalue weighted by Gasteiger charge is -2.08. The number of hydrogen-bond acceptors (Lipinski definition) is 6. The van der Waals surface area contributed by atoms with E-state index in [0.29, 0.717) is 11.0 Å². The molecule has 0 fully saturated rings. The lowest BCUT2D eigenvalue weighted by molar-refractivity contribution is 0.309. The van der Waals surface area contributed by atoms with Crippen LogP contribution in [0.3, 0.4) is 0 Å². The van der Waals surface area contributed by atoms with Crippen LogP contribution < -0.4 is 5.56 Å². The molecule has 0 spiro atoms. The first-order chi connectivity index (χ1) is 9.13. The molecule has 0 aliphatic carbocycles. The molecular weight excluding hydrogens is 250 g/mol. The van der Waals surface area contributed by atoms with Crippen molar-refractivity contribution in [3.8, 4) is 0 Å². The SMILES string of the molecule is CCOC(=N)n1c(=O)c2cn(C)nc2n2cnnc12. The summed E-state index contributed by atoms with van der Waals surface area (Å²) in [5.41, 5.74) is 0.0510. The molecule has 9 nitrogen and oxygen atoms in total. The third kappa shape index (κ3) is 1.51. The van der Waals surface area contributed by atoms with E-state index in [1.54, 1.807) is 24.6 Å². The number of ether oxygens (including phenoxy) is 1. The molecule has 0 saturated carbocycles. The van der Waals surface area contributed by atoms with Gasteiger partial charge in [0.15, 0.2) is 5.65 Å². The van der Waals surface area contributed by atoms with Gasteiger partial charge in [-0.3, -0.25) is 14.9 Å². The number of nitrogens with zero attached hydrogens (tertiary/aromatic N) is 6. The fourth-order valence-electron chi connectivity index (χ4n) is 1.93. The van der Waals surface area contributed by atoms with Crippen LogP contribution in [-0.4, -0.2) is 41.6 Å². The van der Waals surface area contributed by atoms with Gasteiger partial charge >= 0.3 is 0 Å². The zero-order valence-corrected chi connectivity index (χ0v) is 10.4. The fraction of sp³-hybridized carbons (Fsp3) is 0.300. The molecule has 9 heteroatoms. The number of aryl methyl sites for hydroxylation is 1. The Hall–Kier alpha value is -2.71. The Morgan fingerprint density at radius 2 is 2.32 bits per heavy atom. The maximum atomic E-state index is 12.4. The summed E-state index contributed by atoms with van der Waals surface area (Å²) >= 11 is 0. The predicted octanol–water partition coefficient (Wildman–Crippen LogP) is -0.403. The molecule has 0 amide bonds. The average molecular weight is 261 g/mol. The third-order valence-electron chi connectivity index (χ3n) is 2.68. The summed E-state index contributed by atoms with van der Waals surface area (Å²) in [6, 6.07) is -0.281. The predicted molar refractivity (Wildman–Crippen MR) is 66.3 cm³/mol. The van der Waals surface area contributed by atoms with Gasteiger partial charge in [0.05, 0.1) is 6.61 Å². The highest BCUT2D eigenvalue weighted by Crippen LogP contribution is 2.09. The van der Waals surface area contributed by atoms with E-state index >= 15 is 0 Å². The Balaban J connectivity index is 2.47. The zero-order valence-electron chi connectivity index (χ0n) is 10.4. The first-order valence-electron chi connectivity index (χ1n) is 5.63. The molecule has 3 heterocycles. The van der Waals surface area contributed by atoms with Crippen LogP contribution in [0.5, 0.6) is 0 Å². The van der Waals surface area contributed by atoms with Gasteiger partial charge in [0, 0.05) is 13.2 Å². The molecule has 3 aromatic heterocycles. The van der Waals surface area contributed by atoms with Gasteiger partial charge in [-0.15, -0.1) is 10.2 Å². The second-order valence-electron chi connectivity index (χ2n) is 3.92. The highest BCUT2D eigenvalue weighted by atomic mass is 16.5. The molecule has 3 rings (SSSR count). The summed E-state index contributed by atoms with van der Waals surface area (Å²) in [6.45, 7) is 2.03. The average Bonchev–Trinajstić information content (AvgIpc) is 2.95. The van der Waals surface area contributed by atoms with Crippen molar-refractivity contribution in [1.29, 1.82) is 5.41 Å². The summed E-state index contributed by atoms with van der Waals surface area (Å²) in [7, 11) is 1.72. The van der Waals surface area contributed by atoms with Crippen molar-refractivity contribution >= 4 is 22.8 Å². The quantitative estimate of drug-likeness (QED) is 0.474. The van der Waals surface area contributed by atoms with Gasteiger partial charge in [-0.1, -0.05) is 0 Å². The normalized spacial score (nSPS) is 11.3. The standard InChI is InChI=1S/C10H11N7O2/c1-3-19-9(11)17-8(18)6-4-15(2)14-7(6)16-5-12-13-10(16)17/h4-5,11H,3H2,1-2H3. The number of fused-ring (bicyclic) bond motifs is 3. The van der Waals surface area contributed by atoms with Crippen LogP contribution in [0.25, 0.3) is 16.8 Å². The summed E-state index contributed by atoms with van der Waals surface area (Å²) in [6.07, 6.45) is 3.03. The van der Waals surface area contributed by atoms with E-state index in [4.69, 9.17) is 10.1 Å². The van der Waals surface area contributed by atoms with Crippen molar-refractivity contribution < 1.29 is 4.74 Å². The van der Waals surface area contributed by atoms with Crippen LogP contribution in [0, 0.1) is 5.41 Å². The third-order valence-corrected chi connectivity index (χ3v) is 2.68. The van der Waals surface area contributed by atoms with Crippen molar-refractivity contribution in [2.75, 3.05) is 6.61 Å². The van der Waals surface area contributed by atoms with Crippen molar-refractivity contribution in [2.45, 2.75) is 6.92 Å². The topological polar surface area (TPSA) is 103 Å². The molecule has 1 N–H and O–H groups in total. The number of rotatable bonds is 1. The van der Waals surface area contributed by atoms with Crippen LogP contribution in [0.15, 0.2) is 17.3 Å². The zero-order chi connectivity index (χ0) is 13.6. The van der Waals surface area contributed by atoms with Crippen molar-refractivity contribution in [3.63, 3.8) is 0 Å². The lowest BCUT2D eigenvalue weighted by Crippen LogP contribution is -2.30. The Morgan fingerprint density at radius 3 is 3.05 bits per heavy atom. The van der Waals surface area contributed by atoms with Gasteiger partial charge in [0.2, 0.25) is 5.78 Å². The molecule has 0 atom stereocenters. The van der Waals surface area contributed by atoms with Crippen LogP contribution in [0.2, 0.25) is 0 Å². The molecular formula is C10H11N7O2. The molecule has 19 heavy (non-hydrogen) atoms. The summed E-state index contributed by atoms with van der Waals surface area (Å²) in [4.78, 5) is 12.4. The molecule has 0 aliphatic heterocycles. The maximum absolute atomic E-state index is 12.4. The monoisotopic (exact) mass is 261 g/mol. The van der Waals surface area contributed by atoms with Gasteiger partial charge < -0.3 is 4.74 Å². The molecule has 0 saturated heterocycles. The van der Waals surface area contributed by atoms with Crippen LogP contribution in [-0.2, 0) is 11.8 Å². The van der Waals surface area contributed by atoms with Crippen LogP contribution in [0.4, 0.5) is 0 Å². The van der Waals surface area contributed by atoms with E-state index < -0.39 is 5.56 Å². The largest absolute Gasteiger partial charge is 0.465 e. The number of aromatic nitrogens is 6. The first-order valence-corrected chi connectivity index (χ1v) is 5.63. The highest BCUT2D eigenvalue weighted by molar-refractivity contribution is 5.83. The highest BCUT2D eigenvalue weighted by Gasteiger charge is 2.18. The molecule has 0 aliphatic rings. The minimum absolute atomic E-state index is 0.203. The van der Waals surface area contributed by atoms with Crippen molar-refractivity contribution in [2.24, 2.45) is 7.05 Å². The van der Waals surface area contributed by atoms with Crippen LogP contribution in [0.1, 0.15) is 6.92 Å². The molecule has 98 valence electrons. The van der Waals surface area contributed by atoms with E-state index in [1.165, 1.54) is 11.0 Å². The van der Waals surface area contributed by atoms with Crippen LogP contribution >= 0.6 is 0 Å². The second-order valence-corrected chi connectivity index (χ2v) is 3.92. The smallest absolute Gasteiger partial charge is 0.298 e. The van der Waals surface area contributed by atoms with Gasteiger partial charge in [0.25, 0.3) is 11.6 Å². The maximum Gasteiger partial charge on any atom is 0.298 e. The number of hydrogen-bond donors (Lipinski definition) is 1. The Kier molecular flexibility index (Phi) is 2.34. The molecule has 0 aromatic carbocycles. The minimum atomic E-state index is -0.401. The van der Waals surface area contributed by atoms with E-state index in [-0.39, 0.29) is 18.4 Å². The first kappa shape index (κ1) is 11.4. The summed E-state index contributed by atoms with van der Waals surface area (Å²) in [5.74, 6) is 0.203. The Labute approximate surface area is 106 Å². The van der Waals surface area contributed by atoms with Gasteiger partial charge in [-0.2, -0.15) is 9.67 Å². The summed E-state index contributed by atoms with van der Waals surface area (Å²) in [5, 5.41) is 20.0. The van der Waals surface area contributed by atoms with Gasteiger partial charge in [-0.25, -0.2) is 4.40 Å². The Bertz CT molecular complexity index is 841. The van der Waals surface area contributed by atoms with E-state index in [1.807, 2.05) is 0 Å². The Morgan fingerprint density at radius 1 is 1.53 bits per heavy atom. The second kappa shape index (κ2) is 3.90. The minimum Gasteiger partial charge on any atom is -0.465 e. The number of nitrogens with one attached hydrogen (secondary N) is 1. The lowest BCUT2D eigenvalue weighted by atomic mass is 10.4. The van der Waals surface area contributed by atoms with E-state index in [2.05, 4.69) is 15.3 Å². The van der Waals surface area contributed by atoms with Crippen molar-refractivity contribution in [3.05, 3.63) is 22.9 Å². The summed E-state index contributed by atoms with van der Waals surface area (Å²) < 4.78 is 9.22. The van der Waals surface area contributed by atoms with Gasteiger partial charge in [-0.05, 0) is 6.92 Å². The fourth-order valence-corrected chi connectivity index (χ4v) is 1.93.